The molecule has 0 radical (unpaired) electrons. The van der Waals surface area contributed by atoms with Gasteiger partial charge in [0.1, 0.15) is 5.75 Å². The average molecular weight is 410 g/mol. The molecule has 0 aliphatic carbocycles. The summed E-state index contributed by atoms with van der Waals surface area (Å²) in [6, 6.07) is 30.6. The Hall–Kier alpha value is -4.12. The minimum Gasteiger partial charge on any atom is -0.496 e. The first-order chi connectivity index (χ1) is 15.2. The highest BCUT2D eigenvalue weighted by Crippen LogP contribution is 2.28. The molecule has 0 aliphatic rings. The minimum atomic E-state index is -0.288. The summed E-state index contributed by atoms with van der Waals surface area (Å²) in [4.78, 5) is 17.0. The molecule has 154 valence electrons. The summed E-state index contributed by atoms with van der Waals surface area (Å²) in [6.07, 6.45) is 1.29. The Morgan fingerprint density at radius 1 is 0.806 bits per heavy atom. The molecular weight excluding hydrogens is 388 g/mol. The van der Waals surface area contributed by atoms with Gasteiger partial charge in [-0.2, -0.15) is 0 Å². The van der Waals surface area contributed by atoms with E-state index in [1.54, 1.807) is 36.5 Å². The number of pyridine rings is 1. The Kier molecular flexibility index (Phi) is 6.24. The topological polar surface area (TPSA) is 60.5 Å². The predicted octanol–water partition coefficient (Wildman–Crippen LogP) is 5.51. The second kappa shape index (κ2) is 9.59. The molecule has 1 amide bonds. The Balaban J connectivity index is 1.51. The van der Waals surface area contributed by atoms with E-state index in [-0.39, 0.29) is 12.0 Å². The molecule has 4 rings (SSSR count). The van der Waals surface area contributed by atoms with Crippen LogP contribution >= 0.6 is 0 Å². The Morgan fingerprint density at radius 2 is 1.42 bits per heavy atom. The molecule has 5 heteroatoms. The number of amides is 1. The lowest BCUT2D eigenvalue weighted by atomic mass is 10.0. The van der Waals surface area contributed by atoms with Gasteiger partial charge in [0.05, 0.1) is 24.6 Å². The molecule has 1 heterocycles. The number of methoxy groups -OCH3 is 1. The lowest BCUT2D eigenvalue weighted by Crippen LogP contribution is -2.13. The number of para-hydroxylation sites is 1. The van der Waals surface area contributed by atoms with Gasteiger partial charge >= 0.3 is 0 Å². The number of anilines is 1. The number of nitrogens with zero attached hydrogens (tertiary/aromatic N) is 1. The first-order valence-corrected chi connectivity index (χ1v) is 9.91. The first kappa shape index (κ1) is 20.2. The molecule has 0 saturated heterocycles. The van der Waals surface area contributed by atoms with Crippen molar-refractivity contribution in [2.24, 2.45) is 0 Å². The summed E-state index contributed by atoms with van der Waals surface area (Å²) < 4.78 is 11.5. The van der Waals surface area contributed by atoms with Gasteiger partial charge in [-0.1, -0.05) is 72.8 Å². The van der Waals surface area contributed by atoms with Gasteiger partial charge in [-0.3, -0.25) is 4.79 Å². The largest absolute Gasteiger partial charge is 0.496 e. The molecule has 1 N–H and O–H groups in total. The van der Waals surface area contributed by atoms with Crippen molar-refractivity contribution in [3.8, 4) is 11.6 Å². The number of carbonyl (C=O) groups is 1. The van der Waals surface area contributed by atoms with E-state index >= 15 is 0 Å². The van der Waals surface area contributed by atoms with Crippen LogP contribution in [0.3, 0.4) is 0 Å². The van der Waals surface area contributed by atoms with Crippen molar-refractivity contribution in [2.45, 2.75) is 6.10 Å². The zero-order chi connectivity index (χ0) is 21.5. The molecule has 0 unspecified atom stereocenters. The van der Waals surface area contributed by atoms with Crippen LogP contribution in [-0.2, 0) is 0 Å². The zero-order valence-electron chi connectivity index (χ0n) is 17.1. The van der Waals surface area contributed by atoms with Gasteiger partial charge < -0.3 is 14.8 Å². The number of nitrogens with one attached hydrogen (secondary N) is 1. The molecule has 0 bridgehead atoms. The fourth-order valence-electron chi connectivity index (χ4n) is 3.26. The molecule has 1 aromatic heterocycles. The number of benzene rings is 3. The van der Waals surface area contributed by atoms with Crippen LogP contribution in [0.15, 0.2) is 103 Å². The molecule has 3 aromatic carbocycles. The normalized spacial score (nSPS) is 10.5. The van der Waals surface area contributed by atoms with Crippen molar-refractivity contribution < 1.29 is 14.3 Å². The molecule has 4 aromatic rings. The highest BCUT2D eigenvalue weighted by molar-refractivity contribution is 6.06. The van der Waals surface area contributed by atoms with Crippen molar-refractivity contribution in [1.82, 2.24) is 4.98 Å². The summed E-state index contributed by atoms with van der Waals surface area (Å²) in [5.41, 5.74) is 3.09. The summed E-state index contributed by atoms with van der Waals surface area (Å²) in [5, 5.41) is 2.84. The quantitative estimate of drug-likeness (QED) is 0.436. The lowest BCUT2D eigenvalue weighted by molar-refractivity contribution is 0.102. The van der Waals surface area contributed by atoms with Gasteiger partial charge in [0, 0.05) is 6.07 Å². The number of rotatable bonds is 7. The maximum atomic E-state index is 12.6. The Labute approximate surface area is 181 Å². The lowest BCUT2D eigenvalue weighted by Gasteiger charge is -2.19. The van der Waals surface area contributed by atoms with E-state index in [0.29, 0.717) is 22.9 Å². The van der Waals surface area contributed by atoms with Crippen LogP contribution in [0, 0.1) is 0 Å². The van der Waals surface area contributed by atoms with E-state index < -0.39 is 0 Å². The van der Waals surface area contributed by atoms with Gasteiger partial charge in [-0.05, 0) is 29.3 Å². The first-order valence-electron chi connectivity index (χ1n) is 9.91. The summed E-state index contributed by atoms with van der Waals surface area (Å²) in [7, 11) is 1.54. The number of carbonyl (C=O) groups excluding carboxylic acids is 1. The average Bonchev–Trinajstić information content (AvgIpc) is 2.84. The van der Waals surface area contributed by atoms with Gasteiger partial charge in [-0.25, -0.2) is 4.98 Å². The molecule has 0 saturated carbocycles. The fourth-order valence-corrected chi connectivity index (χ4v) is 3.26. The fraction of sp³-hybridized carbons (Fsp3) is 0.0769. The second-order valence-electron chi connectivity index (χ2n) is 6.86. The molecule has 0 aliphatic heterocycles. The highest BCUT2D eigenvalue weighted by atomic mass is 16.5. The van der Waals surface area contributed by atoms with E-state index in [1.165, 1.54) is 7.11 Å². The van der Waals surface area contributed by atoms with Crippen molar-refractivity contribution in [2.75, 3.05) is 12.4 Å². The second-order valence-corrected chi connectivity index (χ2v) is 6.86. The van der Waals surface area contributed by atoms with Crippen LogP contribution in [0.2, 0.25) is 0 Å². The van der Waals surface area contributed by atoms with Gasteiger partial charge in [0.2, 0.25) is 5.88 Å². The van der Waals surface area contributed by atoms with Crippen molar-refractivity contribution >= 4 is 11.6 Å². The van der Waals surface area contributed by atoms with Crippen LogP contribution in [0.5, 0.6) is 11.6 Å². The smallest absolute Gasteiger partial charge is 0.259 e. The molecular formula is C26H22N2O3. The van der Waals surface area contributed by atoms with Gasteiger partial charge in [0.25, 0.3) is 5.91 Å². The Bertz CT molecular complexity index is 1090. The predicted molar refractivity (Wildman–Crippen MR) is 121 cm³/mol. The zero-order valence-corrected chi connectivity index (χ0v) is 17.1. The van der Waals surface area contributed by atoms with E-state index in [9.17, 15) is 4.79 Å². The summed E-state index contributed by atoms with van der Waals surface area (Å²) in [5.74, 6) is 0.717. The third-order valence-electron chi connectivity index (χ3n) is 4.79. The number of ether oxygens (including phenoxy) is 2. The molecule has 0 fully saturated rings. The van der Waals surface area contributed by atoms with Crippen LogP contribution in [0.4, 0.5) is 5.69 Å². The van der Waals surface area contributed by atoms with Gasteiger partial charge in [0.15, 0.2) is 6.10 Å². The number of hydrogen-bond acceptors (Lipinski definition) is 4. The van der Waals surface area contributed by atoms with E-state index in [0.717, 1.165) is 11.1 Å². The summed E-state index contributed by atoms with van der Waals surface area (Å²) in [6.45, 7) is 0. The van der Waals surface area contributed by atoms with E-state index in [2.05, 4.69) is 10.3 Å². The monoisotopic (exact) mass is 410 g/mol. The standard InChI is InChI=1S/C26H22N2O3/c1-30-23-15-9-8-14-22(23)26(29)28-21-16-17-24(27-18-21)31-25(19-10-4-2-5-11-19)20-12-6-3-7-13-20/h2-18,25H,1H3,(H,28,29). The maximum absolute atomic E-state index is 12.6. The minimum absolute atomic E-state index is 0.264. The van der Waals surface area contributed by atoms with Crippen molar-refractivity contribution in [1.29, 1.82) is 0 Å². The van der Waals surface area contributed by atoms with Crippen LogP contribution in [-0.4, -0.2) is 18.0 Å². The maximum Gasteiger partial charge on any atom is 0.259 e. The van der Waals surface area contributed by atoms with E-state index in [4.69, 9.17) is 9.47 Å². The molecule has 31 heavy (non-hydrogen) atoms. The van der Waals surface area contributed by atoms with Crippen LogP contribution in [0.25, 0.3) is 0 Å². The van der Waals surface area contributed by atoms with Crippen LogP contribution in [0.1, 0.15) is 27.6 Å². The SMILES string of the molecule is COc1ccccc1C(=O)Nc1ccc(OC(c2ccccc2)c2ccccc2)nc1. The third-order valence-corrected chi connectivity index (χ3v) is 4.79. The van der Waals surface area contributed by atoms with Crippen LogP contribution < -0.4 is 14.8 Å². The molecule has 0 atom stereocenters. The summed E-state index contributed by atoms with van der Waals surface area (Å²) >= 11 is 0. The van der Waals surface area contributed by atoms with Crippen molar-refractivity contribution in [3.63, 3.8) is 0 Å². The number of aromatic nitrogens is 1. The Morgan fingerprint density at radius 3 is 2.00 bits per heavy atom. The van der Waals surface area contributed by atoms with Crippen molar-refractivity contribution in [3.05, 3.63) is 120 Å². The molecule has 5 nitrogen and oxygen atoms in total. The third kappa shape index (κ3) is 4.90. The highest BCUT2D eigenvalue weighted by Gasteiger charge is 2.17. The van der Waals surface area contributed by atoms with E-state index in [1.807, 2.05) is 66.7 Å². The number of hydrogen-bond donors (Lipinski definition) is 1. The molecule has 0 spiro atoms. The van der Waals surface area contributed by atoms with Gasteiger partial charge in [-0.15, -0.1) is 0 Å².